The molecule has 2 amide bonds. The Bertz CT molecular complexity index is 305. The van der Waals surface area contributed by atoms with Crippen molar-refractivity contribution in [2.24, 2.45) is 17.3 Å². The van der Waals surface area contributed by atoms with Gasteiger partial charge in [-0.15, -0.1) is 0 Å². The first kappa shape index (κ1) is 11.6. The van der Waals surface area contributed by atoms with Crippen LogP contribution in [0.3, 0.4) is 0 Å². The molecular formula is C12H19NO3. The zero-order valence-electron chi connectivity index (χ0n) is 9.91. The molecule has 0 saturated carbocycles. The molecule has 2 fully saturated rings. The summed E-state index contributed by atoms with van der Waals surface area (Å²) in [6.07, 6.45) is 2.31. The molecule has 0 aromatic rings. The summed E-state index contributed by atoms with van der Waals surface area (Å²) in [7, 11) is 0. The molecule has 16 heavy (non-hydrogen) atoms. The molecule has 2 aliphatic heterocycles. The van der Waals surface area contributed by atoms with Crippen molar-refractivity contribution in [3.63, 3.8) is 0 Å². The van der Waals surface area contributed by atoms with E-state index < -0.39 is 0 Å². The number of ether oxygens (including phenoxy) is 1. The molecule has 2 unspecified atom stereocenters. The summed E-state index contributed by atoms with van der Waals surface area (Å²) in [6, 6.07) is 0. The van der Waals surface area contributed by atoms with Gasteiger partial charge in [0.25, 0.3) is 0 Å². The molecule has 0 aromatic carbocycles. The van der Waals surface area contributed by atoms with Crippen molar-refractivity contribution in [1.82, 2.24) is 5.32 Å². The van der Waals surface area contributed by atoms with Gasteiger partial charge in [0.05, 0.1) is 6.61 Å². The van der Waals surface area contributed by atoms with E-state index in [4.69, 9.17) is 4.74 Å². The van der Waals surface area contributed by atoms with Crippen LogP contribution in [0.2, 0.25) is 0 Å². The van der Waals surface area contributed by atoms with E-state index in [1.807, 2.05) is 13.8 Å². The first-order valence-electron chi connectivity index (χ1n) is 5.97. The van der Waals surface area contributed by atoms with Crippen LogP contribution in [0.5, 0.6) is 0 Å². The highest BCUT2D eigenvalue weighted by Crippen LogP contribution is 2.45. The fourth-order valence-corrected chi connectivity index (χ4v) is 3.24. The molecule has 2 aliphatic rings. The maximum atomic E-state index is 11.9. The summed E-state index contributed by atoms with van der Waals surface area (Å²) in [5, 5.41) is 2.45. The van der Waals surface area contributed by atoms with Gasteiger partial charge in [-0.05, 0) is 18.8 Å². The van der Waals surface area contributed by atoms with Gasteiger partial charge >= 0.3 is 0 Å². The third-order valence-corrected chi connectivity index (χ3v) is 3.74. The zero-order valence-corrected chi connectivity index (χ0v) is 9.91. The monoisotopic (exact) mass is 225 g/mol. The molecule has 2 rings (SSSR count). The van der Waals surface area contributed by atoms with Crippen LogP contribution in [0, 0.1) is 17.3 Å². The topological polar surface area (TPSA) is 55.4 Å². The van der Waals surface area contributed by atoms with Crippen LogP contribution < -0.4 is 5.32 Å². The highest BCUT2D eigenvalue weighted by Gasteiger charge is 2.50. The molecular weight excluding hydrogens is 206 g/mol. The van der Waals surface area contributed by atoms with Gasteiger partial charge in [0, 0.05) is 24.4 Å². The van der Waals surface area contributed by atoms with Crippen molar-refractivity contribution >= 4 is 11.8 Å². The minimum Gasteiger partial charge on any atom is -0.381 e. The quantitative estimate of drug-likeness (QED) is 0.680. The second kappa shape index (κ2) is 4.17. The van der Waals surface area contributed by atoms with E-state index in [9.17, 15) is 9.59 Å². The standard InChI is InChI=1S/C12H19NO3/c1-8(2)10-11(15)13-9(14)6-12(10)4-3-5-16-7-12/h8,10H,3-7H2,1-2H3,(H,13,14,15). The largest absolute Gasteiger partial charge is 0.381 e. The third-order valence-electron chi connectivity index (χ3n) is 3.74. The molecule has 2 atom stereocenters. The lowest BCUT2D eigenvalue weighted by Gasteiger charge is -2.46. The second-order valence-corrected chi connectivity index (χ2v) is 5.33. The van der Waals surface area contributed by atoms with Gasteiger partial charge < -0.3 is 4.74 Å². The Labute approximate surface area is 95.7 Å². The summed E-state index contributed by atoms with van der Waals surface area (Å²) in [6.45, 7) is 5.38. The van der Waals surface area contributed by atoms with Crippen molar-refractivity contribution in [1.29, 1.82) is 0 Å². The van der Waals surface area contributed by atoms with Crippen LogP contribution in [0.15, 0.2) is 0 Å². The first-order valence-corrected chi connectivity index (χ1v) is 5.97. The Morgan fingerprint density at radius 3 is 2.75 bits per heavy atom. The minimum atomic E-state index is -0.244. The lowest BCUT2D eigenvalue weighted by molar-refractivity contribution is -0.154. The molecule has 2 heterocycles. The molecule has 4 heteroatoms. The van der Waals surface area contributed by atoms with Crippen LogP contribution in [0.4, 0.5) is 0 Å². The maximum Gasteiger partial charge on any atom is 0.230 e. The highest BCUT2D eigenvalue weighted by molar-refractivity contribution is 5.99. The van der Waals surface area contributed by atoms with Crippen LogP contribution in [0.1, 0.15) is 33.1 Å². The van der Waals surface area contributed by atoms with Crippen LogP contribution in [0.25, 0.3) is 0 Å². The minimum absolute atomic E-state index is 0.0921. The maximum absolute atomic E-state index is 11.9. The van der Waals surface area contributed by atoms with Crippen molar-refractivity contribution in [2.45, 2.75) is 33.1 Å². The second-order valence-electron chi connectivity index (χ2n) is 5.33. The molecule has 0 bridgehead atoms. The smallest absolute Gasteiger partial charge is 0.230 e. The molecule has 1 N–H and O–H groups in total. The van der Waals surface area contributed by atoms with Gasteiger partial charge in [0.2, 0.25) is 11.8 Å². The van der Waals surface area contributed by atoms with E-state index in [1.54, 1.807) is 0 Å². The average Bonchev–Trinajstić information content (AvgIpc) is 2.16. The molecule has 0 aliphatic carbocycles. The van der Waals surface area contributed by atoms with Crippen LogP contribution >= 0.6 is 0 Å². The Hall–Kier alpha value is -0.900. The summed E-state index contributed by atoms with van der Waals surface area (Å²) < 4.78 is 5.51. The number of hydrogen-bond acceptors (Lipinski definition) is 3. The SMILES string of the molecule is CC(C)C1C(=O)NC(=O)CC12CCCOC2. The van der Waals surface area contributed by atoms with E-state index in [0.29, 0.717) is 13.0 Å². The normalized spacial score (nSPS) is 35.6. The van der Waals surface area contributed by atoms with Gasteiger partial charge in [0.15, 0.2) is 0 Å². The Morgan fingerprint density at radius 1 is 1.44 bits per heavy atom. The highest BCUT2D eigenvalue weighted by atomic mass is 16.5. The predicted molar refractivity (Wildman–Crippen MR) is 58.6 cm³/mol. The number of carbonyl (C=O) groups is 2. The summed E-state index contributed by atoms with van der Waals surface area (Å²) in [5.74, 6) is -0.107. The fourth-order valence-electron chi connectivity index (χ4n) is 3.24. The van der Waals surface area contributed by atoms with E-state index in [0.717, 1.165) is 19.4 Å². The zero-order chi connectivity index (χ0) is 11.8. The van der Waals surface area contributed by atoms with Crippen molar-refractivity contribution in [2.75, 3.05) is 13.2 Å². The lowest BCUT2D eigenvalue weighted by atomic mass is 9.63. The summed E-state index contributed by atoms with van der Waals surface area (Å²) in [4.78, 5) is 23.5. The van der Waals surface area contributed by atoms with Gasteiger partial charge in [-0.3, -0.25) is 14.9 Å². The van der Waals surface area contributed by atoms with Crippen molar-refractivity contribution < 1.29 is 14.3 Å². The van der Waals surface area contributed by atoms with E-state index in [1.165, 1.54) is 0 Å². The first-order chi connectivity index (χ1) is 7.55. The summed E-state index contributed by atoms with van der Waals surface area (Å²) >= 11 is 0. The fraction of sp³-hybridized carbons (Fsp3) is 0.833. The molecule has 4 nitrogen and oxygen atoms in total. The number of hydrogen-bond donors (Lipinski definition) is 1. The number of amides is 2. The number of nitrogens with one attached hydrogen (secondary N) is 1. The van der Waals surface area contributed by atoms with Gasteiger partial charge in [-0.2, -0.15) is 0 Å². The predicted octanol–water partition coefficient (Wildman–Crippen LogP) is 1.10. The van der Waals surface area contributed by atoms with Gasteiger partial charge in [0.1, 0.15) is 0 Å². The molecule has 0 radical (unpaired) electrons. The van der Waals surface area contributed by atoms with E-state index >= 15 is 0 Å². The molecule has 1 spiro atoms. The average molecular weight is 225 g/mol. The molecule has 90 valence electrons. The van der Waals surface area contributed by atoms with E-state index in [2.05, 4.69) is 5.32 Å². The lowest BCUT2D eigenvalue weighted by Crippen LogP contribution is -2.56. The van der Waals surface area contributed by atoms with Crippen LogP contribution in [-0.4, -0.2) is 25.0 Å². The summed E-state index contributed by atoms with van der Waals surface area (Å²) in [5.41, 5.74) is -0.244. The van der Waals surface area contributed by atoms with Gasteiger partial charge in [-0.25, -0.2) is 0 Å². The van der Waals surface area contributed by atoms with Gasteiger partial charge in [-0.1, -0.05) is 13.8 Å². The number of imide groups is 1. The third kappa shape index (κ3) is 1.86. The number of carbonyl (C=O) groups excluding carboxylic acids is 2. The van der Waals surface area contributed by atoms with E-state index in [-0.39, 0.29) is 29.1 Å². The Morgan fingerprint density at radius 2 is 2.19 bits per heavy atom. The molecule has 0 aromatic heterocycles. The Kier molecular flexibility index (Phi) is 3.02. The Balaban J connectivity index is 2.29. The van der Waals surface area contributed by atoms with Crippen molar-refractivity contribution in [3.05, 3.63) is 0 Å². The van der Waals surface area contributed by atoms with Crippen molar-refractivity contribution in [3.8, 4) is 0 Å². The molecule has 2 saturated heterocycles. The van der Waals surface area contributed by atoms with Crippen LogP contribution in [-0.2, 0) is 14.3 Å². The number of rotatable bonds is 1. The number of piperidine rings is 1.